The minimum absolute atomic E-state index is 0.583. The predicted octanol–water partition coefficient (Wildman–Crippen LogP) is 13.7. The van der Waals surface area contributed by atoms with Crippen LogP contribution in [0, 0.1) is 13.1 Å². The minimum Gasteiger partial charge on any atom is -0.311 e. The summed E-state index contributed by atoms with van der Waals surface area (Å²) in [5.41, 5.74) is 12.5. The van der Waals surface area contributed by atoms with Crippen LogP contribution in [0.25, 0.3) is 103 Å². The molecule has 0 N–H and O–H groups in total. The van der Waals surface area contributed by atoms with Crippen molar-refractivity contribution in [2.24, 2.45) is 0 Å². The van der Waals surface area contributed by atoms with Crippen LogP contribution in [0.3, 0.4) is 0 Å². The van der Waals surface area contributed by atoms with Crippen LogP contribution in [0.4, 0.5) is 11.4 Å². The highest BCUT2D eigenvalue weighted by Gasteiger charge is 2.21. The highest BCUT2D eigenvalue weighted by Crippen LogP contribution is 2.43. The maximum absolute atomic E-state index is 8.36. The smallest absolute Gasteiger partial charge is 0.197 e. The molecule has 3 heterocycles. The van der Waals surface area contributed by atoms with Gasteiger partial charge in [-0.25, -0.2) is 9.69 Å². The Bertz CT molecular complexity index is 3420. The molecule has 0 fully saturated rings. The molecule has 5 heteroatoms. The van der Waals surface area contributed by atoms with E-state index in [4.69, 9.17) is 13.1 Å². The topological polar surface area (TPSA) is 23.5 Å². The van der Waals surface area contributed by atoms with E-state index in [0.29, 0.717) is 11.4 Å². The Labute approximate surface area is 316 Å². The van der Waals surface area contributed by atoms with Gasteiger partial charge < -0.3 is 13.7 Å². The zero-order valence-electron chi connectivity index (χ0n) is 29.5. The first kappa shape index (κ1) is 30.7. The van der Waals surface area contributed by atoms with E-state index in [1.807, 2.05) is 36.4 Å². The van der Waals surface area contributed by atoms with Gasteiger partial charge in [0.2, 0.25) is 0 Å². The zero-order chi connectivity index (χ0) is 36.6. The molecule has 0 saturated heterocycles. The van der Waals surface area contributed by atoms with Crippen molar-refractivity contribution in [3.63, 3.8) is 0 Å². The van der Waals surface area contributed by atoms with Crippen LogP contribution in [0.1, 0.15) is 0 Å². The van der Waals surface area contributed by atoms with E-state index in [-0.39, 0.29) is 0 Å². The summed E-state index contributed by atoms with van der Waals surface area (Å²) in [4.78, 5) is 7.97. The first-order valence-corrected chi connectivity index (χ1v) is 18.3. The highest BCUT2D eigenvalue weighted by atomic mass is 15.0. The van der Waals surface area contributed by atoms with Crippen molar-refractivity contribution in [2.75, 3.05) is 0 Å². The molecule has 11 aromatic rings. The second-order valence-corrected chi connectivity index (χ2v) is 13.9. The van der Waals surface area contributed by atoms with Gasteiger partial charge in [0.15, 0.2) is 11.4 Å². The van der Waals surface area contributed by atoms with E-state index in [2.05, 4.69) is 163 Å². The van der Waals surface area contributed by atoms with Crippen LogP contribution in [0.15, 0.2) is 176 Å². The van der Waals surface area contributed by atoms with E-state index in [9.17, 15) is 0 Å². The van der Waals surface area contributed by atoms with Gasteiger partial charge in [-0.15, -0.1) is 0 Å². The van der Waals surface area contributed by atoms with Gasteiger partial charge in [0.1, 0.15) is 0 Å². The number of para-hydroxylation sites is 4. The molecule has 0 aliphatic heterocycles. The van der Waals surface area contributed by atoms with Crippen LogP contribution in [0.5, 0.6) is 0 Å². The quantitative estimate of drug-likeness (QED) is 0.163. The molecule has 0 amide bonds. The zero-order valence-corrected chi connectivity index (χ0v) is 29.5. The average molecular weight is 700 g/mol. The molecule has 8 aromatic carbocycles. The number of nitrogens with zero attached hydrogens (tertiary/aromatic N) is 5. The lowest BCUT2D eigenvalue weighted by atomic mass is 10.00. The fourth-order valence-electron chi connectivity index (χ4n) is 8.84. The Balaban J connectivity index is 1.15. The van der Waals surface area contributed by atoms with E-state index < -0.39 is 0 Å². The van der Waals surface area contributed by atoms with Gasteiger partial charge in [0.05, 0.1) is 40.7 Å². The van der Waals surface area contributed by atoms with Crippen molar-refractivity contribution in [1.82, 2.24) is 13.7 Å². The lowest BCUT2D eigenvalue weighted by Gasteiger charge is -2.17. The molecular weight excluding hydrogens is 671 g/mol. The van der Waals surface area contributed by atoms with Crippen LogP contribution in [-0.4, -0.2) is 13.7 Å². The van der Waals surface area contributed by atoms with Crippen molar-refractivity contribution in [1.29, 1.82) is 0 Å². The third kappa shape index (κ3) is 4.39. The van der Waals surface area contributed by atoms with Crippen molar-refractivity contribution >= 4 is 76.8 Å². The second-order valence-electron chi connectivity index (χ2n) is 13.9. The molecule has 0 atom stereocenters. The van der Waals surface area contributed by atoms with Gasteiger partial charge >= 0.3 is 0 Å². The normalized spacial score (nSPS) is 11.6. The van der Waals surface area contributed by atoms with Crippen LogP contribution in [-0.2, 0) is 0 Å². The molecule has 0 radical (unpaired) electrons. The number of benzene rings is 8. The fraction of sp³-hybridized carbons (Fsp3) is 0. The molecule has 0 unspecified atom stereocenters. The number of rotatable bonds is 4. The molecule has 0 saturated carbocycles. The standard InChI is InChI=1S/C50H29N5/c1-51-40-20-12-26-47(49(40)32-14-11-15-33(30-32)54-45-25-10-6-19-38(45)50-41(52-2)21-13-27-48(50)54)55-44-24-9-5-18-37(44)39-31-34(28-29-46(39)55)53-42-22-7-3-16-35(42)36-17-4-8-23-43(36)53/h3-31H. The molecule has 0 bridgehead atoms. The summed E-state index contributed by atoms with van der Waals surface area (Å²) in [6.45, 7) is 16.3. The molecule has 5 nitrogen and oxygen atoms in total. The molecule has 0 aliphatic carbocycles. The predicted molar refractivity (Wildman–Crippen MR) is 227 cm³/mol. The third-order valence-electron chi connectivity index (χ3n) is 11.1. The SMILES string of the molecule is [C-]#[N+]c1cccc(-n2c3ccccc3c3cc(-n4c5ccccc5c5ccccc54)ccc32)c1-c1cccc(-n2c3ccccc3c3c([N+]#[C-])cccc32)c1. The summed E-state index contributed by atoms with van der Waals surface area (Å²) in [5, 5.41) is 6.75. The summed E-state index contributed by atoms with van der Waals surface area (Å²) in [6.07, 6.45) is 0. The third-order valence-corrected chi connectivity index (χ3v) is 11.1. The monoisotopic (exact) mass is 699 g/mol. The molecular formula is C50H29N5. The summed E-state index contributed by atoms with van der Waals surface area (Å²) in [7, 11) is 0. The average Bonchev–Trinajstić information content (AvgIpc) is 3.89. The largest absolute Gasteiger partial charge is 0.311 e. The molecule has 254 valence electrons. The van der Waals surface area contributed by atoms with Gasteiger partial charge in [0, 0.05) is 55.1 Å². The first-order valence-electron chi connectivity index (χ1n) is 18.3. The lowest BCUT2D eigenvalue weighted by Crippen LogP contribution is -1.99. The summed E-state index contributed by atoms with van der Waals surface area (Å²) in [6, 6.07) is 61.2. The number of hydrogen-bond donors (Lipinski definition) is 0. The molecule has 55 heavy (non-hydrogen) atoms. The molecule has 11 rings (SSSR count). The van der Waals surface area contributed by atoms with Crippen LogP contribution in [0.2, 0.25) is 0 Å². The van der Waals surface area contributed by atoms with Crippen LogP contribution < -0.4 is 0 Å². The van der Waals surface area contributed by atoms with Gasteiger partial charge in [-0.3, -0.25) is 0 Å². The van der Waals surface area contributed by atoms with Gasteiger partial charge in [-0.1, -0.05) is 109 Å². The van der Waals surface area contributed by atoms with E-state index in [0.717, 1.165) is 71.8 Å². The summed E-state index contributed by atoms with van der Waals surface area (Å²) in [5.74, 6) is 0. The number of aromatic nitrogens is 3. The van der Waals surface area contributed by atoms with Crippen molar-refractivity contribution in [2.45, 2.75) is 0 Å². The van der Waals surface area contributed by atoms with Crippen LogP contribution >= 0.6 is 0 Å². The second kappa shape index (κ2) is 11.8. The molecule has 3 aromatic heterocycles. The molecule has 0 aliphatic rings. The fourth-order valence-corrected chi connectivity index (χ4v) is 8.84. The van der Waals surface area contributed by atoms with Crippen molar-refractivity contribution < 1.29 is 0 Å². The highest BCUT2D eigenvalue weighted by molar-refractivity contribution is 6.16. The summed E-state index contributed by atoms with van der Waals surface area (Å²) < 4.78 is 6.92. The first-order chi connectivity index (χ1) is 27.2. The van der Waals surface area contributed by atoms with E-state index >= 15 is 0 Å². The summed E-state index contributed by atoms with van der Waals surface area (Å²) >= 11 is 0. The van der Waals surface area contributed by atoms with Crippen molar-refractivity contribution in [3.8, 4) is 28.2 Å². The van der Waals surface area contributed by atoms with Crippen molar-refractivity contribution in [3.05, 3.63) is 199 Å². The number of hydrogen-bond acceptors (Lipinski definition) is 0. The van der Waals surface area contributed by atoms with Gasteiger partial charge in [0.25, 0.3) is 0 Å². The Morgan fingerprint density at radius 2 is 0.836 bits per heavy atom. The Morgan fingerprint density at radius 3 is 1.53 bits per heavy atom. The maximum Gasteiger partial charge on any atom is 0.197 e. The Kier molecular flexibility index (Phi) is 6.61. The van der Waals surface area contributed by atoms with Gasteiger partial charge in [-0.2, -0.15) is 0 Å². The Morgan fingerprint density at radius 1 is 0.345 bits per heavy atom. The van der Waals surface area contributed by atoms with Gasteiger partial charge in [-0.05, 0) is 77.7 Å². The molecule has 0 spiro atoms. The maximum atomic E-state index is 8.36. The van der Waals surface area contributed by atoms with E-state index in [1.54, 1.807) is 0 Å². The number of fused-ring (bicyclic) bond motifs is 9. The van der Waals surface area contributed by atoms with E-state index in [1.165, 1.54) is 21.8 Å². The Hall–Kier alpha value is -7.86. The lowest BCUT2D eigenvalue weighted by molar-refractivity contribution is 1.16. The minimum atomic E-state index is 0.583.